The Balaban J connectivity index is 2.52. The van der Waals surface area contributed by atoms with E-state index in [4.69, 9.17) is 5.11 Å². The van der Waals surface area contributed by atoms with E-state index in [1.54, 1.807) is 12.2 Å². The quantitative estimate of drug-likeness (QED) is 0.393. The lowest BCUT2D eigenvalue weighted by Gasteiger charge is -2.16. The Morgan fingerprint density at radius 1 is 1.28 bits per heavy atom. The number of unbranched alkanes of at least 4 members (excludes halogenated alkanes) is 1. The molecule has 1 aliphatic carbocycles. The van der Waals surface area contributed by atoms with Gasteiger partial charge in [0, 0.05) is 24.7 Å². The molecule has 0 aromatic heterocycles. The fraction of sp³-hybridized carbons (Fsp3) is 0.600. The lowest BCUT2D eigenvalue weighted by Crippen LogP contribution is -2.18. The molecular weight excluding hydrogens is 320 g/mol. The zero-order valence-electron chi connectivity index (χ0n) is 14.9. The highest BCUT2D eigenvalue weighted by molar-refractivity contribution is 5.84. The molecule has 1 aliphatic rings. The van der Waals surface area contributed by atoms with Gasteiger partial charge >= 0.3 is 5.97 Å². The van der Waals surface area contributed by atoms with Gasteiger partial charge in [-0.05, 0) is 32.1 Å². The van der Waals surface area contributed by atoms with Crippen molar-refractivity contribution in [2.45, 2.75) is 64.1 Å². The minimum absolute atomic E-state index is 0.0395. The second-order valence-electron chi connectivity index (χ2n) is 6.48. The van der Waals surface area contributed by atoms with Crippen LogP contribution in [0.5, 0.6) is 0 Å². The third-order valence-corrected chi connectivity index (χ3v) is 4.39. The average molecular weight is 350 g/mol. The van der Waals surface area contributed by atoms with Crippen molar-refractivity contribution in [3.8, 4) is 0 Å². The van der Waals surface area contributed by atoms with Gasteiger partial charge in [0.05, 0.1) is 12.2 Å². The second kappa shape index (κ2) is 11.8. The molecule has 0 spiro atoms. The molecule has 140 valence electrons. The molecule has 4 atom stereocenters. The molecule has 1 fully saturated rings. The number of rotatable bonds is 11. The number of aliphatic carboxylic acids is 1. The molecule has 0 radical (unpaired) electrons. The number of aliphatic hydroxyl groups excluding tert-OH is 2. The van der Waals surface area contributed by atoms with Gasteiger partial charge in [-0.2, -0.15) is 0 Å². The van der Waals surface area contributed by atoms with Crippen LogP contribution in [-0.2, 0) is 9.59 Å². The van der Waals surface area contributed by atoms with Gasteiger partial charge in [-0.15, -0.1) is 0 Å². The van der Waals surface area contributed by atoms with Crippen molar-refractivity contribution in [1.29, 1.82) is 0 Å². The maximum Gasteiger partial charge on any atom is 0.303 e. The summed E-state index contributed by atoms with van der Waals surface area (Å²) in [6.45, 7) is 2.03. The number of allylic oxidation sites excluding steroid dienone is 3. The number of carbonyl (C=O) groups excluding carboxylic acids is 1. The molecule has 1 rings (SSSR count). The Hall–Kier alpha value is -1.72. The largest absolute Gasteiger partial charge is 0.481 e. The van der Waals surface area contributed by atoms with Crippen molar-refractivity contribution < 1.29 is 24.9 Å². The van der Waals surface area contributed by atoms with E-state index in [1.165, 1.54) is 0 Å². The first-order chi connectivity index (χ1) is 12.0. The monoisotopic (exact) mass is 350 g/mol. The maximum atomic E-state index is 12.1. The van der Waals surface area contributed by atoms with E-state index in [2.05, 4.69) is 0 Å². The molecule has 0 bridgehead atoms. The Morgan fingerprint density at radius 2 is 2.04 bits per heavy atom. The van der Waals surface area contributed by atoms with Crippen LogP contribution in [0.1, 0.15) is 51.9 Å². The summed E-state index contributed by atoms with van der Waals surface area (Å²) in [6, 6.07) is 0. The van der Waals surface area contributed by atoms with Crippen LogP contribution in [0.25, 0.3) is 0 Å². The Kier molecular flexibility index (Phi) is 10.0. The molecule has 0 saturated heterocycles. The summed E-state index contributed by atoms with van der Waals surface area (Å²) < 4.78 is 0. The minimum atomic E-state index is -0.806. The van der Waals surface area contributed by atoms with Crippen molar-refractivity contribution >= 4 is 11.8 Å². The summed E-state index contributed by atoms with van der Waals surface area (Å²) in [6.07, 6.45) is 13.3. The predicted octanol–water partition coefficient (Wildman–Crippen LogP) is 3.03. The molecule has 0 heterocycles. The van der Waals surface area contributed by atoms with Crippen LogP contribution < -0.4 is 0 Å². The van der Waals surface area contributed by atoms with Crippen molar-refractivity contribution in [1.82, 2.24) is 0 Å². The van der Waals surface area contributed by atoms with Crippen molar-refractivity contribution in [2.75, 3.05) is 0 Å². The Bertz CT molecular complexity index is 506. The molecule has 0 amide bonds. The van der Waals surface area contributed by atoms with Crippen LogP contribution in [0.3, 0.4) is 0 Å². The highest BCUT2D eigenvalue weighted by atomic mass is 16.4. The molecule has 1 unspecified atom stereocenters. The highest BCUT2D eigenvalue weighted by Crippen LogP contribution is 2.33. The summed E-state index contributed by atoms with van der Waals surface area (Å²) in [4.78, 5) is 22.5. The van der Waals surface area contributed by atoms with Crippen molar-refractivity contribution in [3.63, 3.8) is 0 Å². The first-order valence-corrected chi connectivity index (χ1v) is 9.04. The summed E-state index contributed by atoms with van der Waals surface area (Å²) in [5.74, 6) is -1.32. The number of carbonyl (C=O) groups is 2. The number of carboxylic acids is 1. The number of aliphatic hydroxyl groups is 2. The fourth-order valence-electron chi connectivity index (χ4n) is 3.00. The highest BCUT2D eigenvalue weighted by Gasteiger charge is 2.39. The van der Waals surface area contributed by atoms with Crippen molar-refractivity contribution in [2.24, 2.45) is 11.8 Å². The number of carboxylic acid groups (broad SMARTS) is 1. The maximum absolute atomic E-state index is 12.1. The van der Waals surface area contributed by atoms with E-state index in [1.807, 2.05) is 31.2 Å². The fourth-order valence-corrected chi connectivity index (χ4v) is 3.00. The average Bonchev–Trinajstić information content (AvgIpc) is 2.82. The molecule has 0 aliphatic heterocycles. The van der Waals surface area contributed by atoms with Crippen LogP contribution in [-0.4, -0.2) is 39.3 Å². The molecule has 5 heteroatoms. The predicted molar refractivity (Wildman–Crippen MR) is 97.0 cm³/mol. The molecule has 0 aromatic rings. The van der Waals surface area contributed by atoms with Gasteiger partial charge in [0.2, 0.25) is 0 Å². The smallest absolute Gasteiger partial charge is 0.303 e. The summed E-state index contributed by atoms with van der Waals surface area (Å²) in [7, 11) is 0. The van der Waals surface area contributed by atoms with Gasteiger partial charge in [0.15, 0.2) is 0 Å². The topological polar surface area (TPSA) is 94.8 Å². The third-order valence-electron chi connectivity index (χ3n) is 4.39. The van der Waals surface area contributed by atoms with Crippen molar-refractivity contribution in [3.05, 3.63) is 36.5 Å². The normalized spacial score (nSPS) is 25.6. The Labute approximate surface area is 149 Å². The van der Waals surface area contributed by atoms with E-state index < -0.39 is 18.2 Å². The van der Waals surface area contributed by atoms with E-state index in [0.29, 0.717) is 25.7 Å². The number of Topliss-reactive ketones (excluding diaryl/α,β-unsaturated/α-hetero) is 1. The first-order valence-electron chi connectivity index (χ1n) is 9.04. The lowest BCUT2D eigenvalue weighted by molar-refractivity contribution is -0.137. The zero-order chi connectivity index (χ0) is 18.7. The van der Waals surface area contributed by atoms with Gasteiger partial charge in [-0.1, -0.05) is 43.4 Å². The van der Waals surface area contributed by atoms with E-state index in [-0.39, 0.29) is 30.5 Å². The van der Waals surface area contributed by atoms with Crippen LogP contribution in [0.2, 0.25) is 0 Å². The third kappa shape index (κ3) is 8.27. The van der Waals surface area contributed by atoms with Gasteiger partial charge < -0.3 is 15.3 Å². The van der Waals surface area contributed by atoms with Gasteiger partial charge in [0.25, 0.3) is 0 Å². The van der Waals surface area contributed by atoms with Crippen LogP contribution in [0.15, 0.2) is 36.5 Å². The van der Waals surface area contributed by atoms with Gasteiger partial charge in [-0.25, -0.2) is 0 Å². The number of ketones is 1. The molecule has 5 nitrogen and oxygen atoms in total. The van der Waals surface area contributed by atoms with E-state index >= 15 is 0 Å². The van der Waals surface area contributed by atoms with Gasteiger partial charge in [-0.3, -0.25) is 9.59 Å². The van der Waals surface area contributed by atoms with E-state index in [0.717, 1.165) is 6.42 Å². The molecule has 3 N–H and O–H groups in total. The summed E-state index contributed by atoms with van der Waals surface area (Å²) >= 11 is 0. The van der Waals surface area contributed by atoms with E-state index in [9.17, 15) is 19.8 Å². The molecule has 1 saturated carbocycles. The van der Waals surface area contributed by atoms with Gasteiger partial charge in [0.1, 0.15) is 5.78 Å². The molecule has 0 aromatic carbocycles. The standard InChI is InChI=1S/C20H30O5/c1-2-3-6-9-15(21)12-13-17-16(18(22)14-19(17)23)10-7-4-5-8-11-20(24)25/h3-4,6-7,12-13,15-17,19,21,23H,2,5,8-11,14H2,1H3,(H,24,25)/b6-3+,7-4+,13-12+/t15-,16+,17?,19+/m0/s1. The summed E-state index contributed by atoms with van der Waals surface area (Å²) in [5.41, 5.74) is 0. The lowest BCUT2D eigenvalue weighted by atomic mass is 9.90. The van der Waals surface area contributed by atoms with Crippen LogP contribution >= 0.6 is 0 Å². The molecule has 25 heavy (non-hydrogen) atoms. The minimum Gasteiger partial charge on any atom is -0.481 e. The zero-order valence-corrected chi connectivity index (χ0v) is 14.9. The second-order valence-corrected chi connectivity index (χ2v) is 6.48. The summed E-state index contributed by atoms with van der Waals surface area (Å²) in [5, 5.41) is 28.6. The molecular formula is C20H30O5. The number of hydrogen-bond donors (Lipinski definition) is 3. The van der Waals surface area contributed by atoms with Crippen LogP contribution in [0, 0.1) is 11.8 Å². The first kappa shape index (κ1) is 21.3. The van der Waals surface area contributed by atoms with Crippen LogP contribution in [0.4, 0.5) is 0 Å². The Morgan fingerprint density at radius 3 is 2.72 bits per heavy atom. The SMILES string of the molecule is CC/C=C/C[C@H](O)/C=C/C1[C@H](O)CC(=O)[C@@H]1C/C=C/CCCC(=O)O. The number of hydrogen-bond acceptors (Lipinski definition) is 4.